The zero-order valence-corrected chi connectivity index (χ0v) is 8.61. The molecule has 5 nitrogen and oxygen atoms in total. The lowest BCUT2D eigenvalue weighted by Crippen LogP contribution is -2.16. The Labute approximate surface area is 88.3 Å². The van der Waals surface area contributed by atoms with E-state index in [2.05, 4.69) is 26.2 Å². The number of nitrogens with one attached hydrogen (secondary N) is 1. The molecule has 1 amide bonds. The van der Waals surface area contributed by atoms with E-state index in [1.54, 1.807) is 18.3 Å². The molecule has 0 radical (unpaired) electrons. The Bertz CT molecular complexity index is 367. The van der Waals surface area contributed by atoms with E-state index in [9.17, 15) is 9.59 Å². The van der Waals surface area contributed by atoms with Crippen molar-refractivity contribution in [3.05, 3.63) is 22.9 Å². The summed E-state index contributed by atoms with van der Waals surface area (Å²) in [6.45, 7) is 0. The summed E-state index contributed by atoms with van der Waals surface area (Å²) in [5.74, 6) is -1.74. The van der Waals surface area contributed by atoms with Crippen LogP contribution in [-0.2, 0) is 9.59 Å². The van der Waals surface area contributed by atoms with Crippen molar-refractivity contribution >= 4 is 33.5 Å². The Hall–Kier alpha value is -1.43. The van der Waals surface area contributed by atoms with Crippen LogP contribution in [0.25, 0.3) is 0 Å². The lowest BCUT2D eigenvalue weighted by Gasteiger charge is -2.03. The zero-order chi connectivity index (χ0) is 10.6. The van der Waals surface area contributed by atoms with E-state index in [0.717, 1.165) is 0 Å². The molecule has 0 atom stereocenters. The van der Waals surface area contributed by atoms with E-state index in [0.29, 0.717) is 10.3 Å². The molecule has 0 fully saturated rings. The van der Waals surface area contributed by atoms with Crippen LogP contribution in [0.5, 0.6) is 0 Å². The van der Waals surface area contributed by atoms with Gasteiger partial charge >= 0.3 is 5.97 Å². The van der Waals surface area contributed by atoms with Crippen LogP contribution in [0.4, 0.5) is 5.69 Å². The van der Waals surface area contributed by atoms with Crippen LogP contribution in [0.15, 0.2) is 22.9 Å². The van der Waals surface area contributed by atoms with Gasteiger partial charge < -0.3 is 10.4 Å². The number of carboxylic acid groups (broad SMARTS) is 1. The first-order valence-electron chi connectivity index (χ1n) is 3.72. The molecule has 74 valence electrons. The molecule has 14 heavy (non-hydrogen) atoms. The molecule has 0 saturated carbocycles. The summed E-state index contributed by atoms with van der Waals surface area (Å²) in [5, 5.41) is 10.8. The molecule has 0 aliphatic rings. The molecule has 0 aliphatic heterocycles. The predicted octanol–water partition coefficient (Wildman–Crippen LogP) is 1.26. The summed E-state index contributed by atoms with van der Waals surface area (Å²) in [4.78, 5) is 25.1. The molecule has 0 bridgehead atoms. The fourth-order valence-corrected chi connectivity index (χ4v) is 1.16. The van der Waals surface area contributed by atoms with Crippen LogP contribution in [0.2, 0.25) is 0 Å². The average molecular weight is 259 g/mol. The molecule has 1 aromatic rings. The van der Waals surface area contributed by atoms with Crippen molar-refractivity contribution in [3.63, 3.8) is 0 Å². The molecule has 0 aliphatic carbocycles. The van der Waals surface area contributed by atoms with Gasteiger partial charge in [0.05, 0.1) is 5.69 Å². The number of carboxylic acids is 1. The smallest absolute Gasteiger partial charge is 0.312 e. The molecular weight excluding hydrogens is 252 g/mol. The van der Waals surface area contributed by atoms with E-state index in [-0.39, 0.29) is 0 Å². The van der Waals surface area contributed by atoms with Crippen LogP contribution >= 0.6 is 15.9 Å². The highest BCUT2D eigenvalue weighted by atomic mass is 79.9. The number of aliphatic carboxylic acids is 1. The van der Waals surface area contributed by atoms with Crippen molar-refractivity contribution in [1.29, 1.82) is 0 Å². The second-order valence-electron chi connectivity index (χ2n) is 2.46. The number of halogens is 1. The molecule has 2 N–H and O–H groups in total. The topological polar surface area (TPSA) is 79.3 Å². The van der Waals surface area contributed by atoms with Gasteiger partial charge in [0, 0.05) is 6.20 Å². The van der Waals surface area contributed by atoms with Crippen molar-refractivity contribution in [3.8, 4) is 0 Å². The third-order valence-electron chi connectivity index (χ3n) is 1.34. The van der Waals surface area contributed by atoms with Crippen LogP contribution in [0.1, 0.15) is 6.42 Å². The Balaban J connectivity index is 2.65. The minimum atomic E-state index is -1.16. The Morgan fingerprint density at radius 3 is 2.86 bits per heavy atom. The average Bonchev–Trinajstić information content (AvgIpc) is 2.07. The number of aromatic nitrogens is 1. The second kappa shape index (κ2) is 4.71. The number of pyridine rings is 1. The number of amides is 1. The molecule has 1 aromatic heterocycles. The Morgan fingerprint density at radius 2 is 2.29 bits per heavy atom. The summed E-state index contributed by atoms with van der Waals surface area (Å²) in [6.07, 6.45) is 0.998. The van der Waals surface area contributed by atoms with Crippen molar-refractivity contribution in [2.45, 2.75) is 6.42 Å². The summed E-state index contributed by atoms with van der Waals surface area (Å²) < 4.78 is 0.471. The fourth-order valence-electron chi connectivity index (χ4n) is 0.811. The van der Waals surface area contributed by atoms with Gasteiger partial charge in [-0.25, -0.2) is 4.98 Å². The Morgan fingerprint density at radius 1 is 1.57 bits per heavy atom. The number of carbonyl (C=O) groups is 2. The van der Waals surface area contributed by atoms with Crippen molar-refractivity contribution in [2.24, 2.45) is 0 Å². The third-order valence-corrected chi connectivity index (χ3v) is 1.98. The van der Waals surface area contributed by atoms with Crippen LogP contribution in [0.3, 0.4) is 0 Å². The van der Waals surface area contributed by atoms with Gasteiger partial charge in [0.25, 0.3) is 0 Å². The van der Waals surface area contributed by atoms with Gasteiger partial charge in [-0.3, -0.25) is 9.59 Å². The van der Waals surface area contributed by atoms with Gasteiger partial charge in [0.15, 0.2) is 0 Å². The number of carbonyl (C=O) groups excluding carboxylic acids is 1. The second-order valence-corrected chi connectivity index (χ2v) is 3.21. The lowest BCUT2D eigenvalue weighted by molar-refractivity contribution is -0.139. The highest BCUT2D eigenvalue weighted by Crippen LogP contribution is 2.18. The maximum Gasteiger partial charge on any atom is 0.312 e. The van der Waals surface area contributed by atoms with Crippen LogP contribution < -0.4 is 5.32 Å². The number of rotatable bonds is 3. The van der Waals surface area contributed by atoms with Gasteiger partial charge in [0.1, 0.15) is 11.0 Å². The molecule has 0 spiro atoms. The molecule has 0 aromatic carbocycles. The van der Waals surface area contributed by atoms with Gasteiger partial charge in [0.2, 0.25) is 5.91 Å². The number of hydrogen-bond donors (Lipinski definition) is 2. The summed E-state index contributed by atoms with van der Waals surface area (Å²) in [6, 6.07) is 3.26. The van der Waals surface area contributed by atoms with E-state index in [4.69, 9.17) is 5.11 Å². The van der Waals surface area contributed by atoms with Crippen molar-refractivity contribution < 1.29 is 14.7 Å². The number of hydrogen-bond acceptors (Lipinski definition) is 3. The minimum absolute atomic E-state index is 0.457. The monoisotopic (exact) mass is 258 g/mol. The minimum Gasteiger partial charge on any atom is -0.481 e. The number of anilines is 1. The summed E-state index contributed by atoms with van der Waals surface area (Å²) in [5.41, 5.74) is 0.457. The standard InChI is InChI=1S/C8H7BrN2O3/c9-8-5(2-1-3-10-8)11-6(12)4-7(13)14/h1-3H,4H2,(H,11,12)(H,13,14). The maximum atomic E-state index is 11.0. The van der Waals surface area contributed by atoms with E-state index in [1.165, 1.54) is 0 Å². The van der Waals surface area contributed by atoms with Crippen LogP contribution in [-0.4, -0.2) is 22.0 Å². The van der Waals surface area contributed by atoms with Crippen molar-refractivity contribution in [1.82, 2.24) is 4.98 Å². The zero-order valence-electron chi connectivity index (χ0n) is 7.03. The van der Waals surface area contributed by atoms with Gasteiger partial charge in [-0.2, -0.15) is 0 Å². The molecule has 6 heteroatoms. The van der Waals surface area contributed by atoms with Crippen molar-refractivity contribution in [2.75, 3.05) is 5.32 Å². The van der Waals surface area contributed by atoms with E-state index < -0.39 is 18.3 Å². The van der Waals surface area contributed by atoms with Crippen LogP contribution in [0, 0.1) is 0 Å². The first-order chi connectivity index (χ1) is 6.59. The highest BCUT2D eigenvalue weighted by molar-refractivity contribution is 9.10. The van der Waals surface area contributed by atoms with Gasteiger partial charge in [-0.05, 0) is 28.1 Å². The fraction of sp³-hybridized carbons (Fsp3) is 0.125. The normalized spacial score (nSPS) is 9.50. The Kier molecular flexibility index (Phi) is 3.58. The largest absolute Gasteiger partial charge is 0.481 e. The highest BCUT2D eigenvalue weighted by Gasteiger charge is 2.09. The first-order valence-corrected chi connectivity index (χ1v) is 4.51. The van der Waals surface area contributed by atoms with Gasteiger partial charge in [-0.15, -0.1) is 0 Å². The third kappa shape index (κ3) is 3.14. The lowest BCUT2D eigenvalue weighted by atomic mass is 10.3. The molecule has 1 rings (SSSR count). The molecule has 0 unspecified atom stereocenters. The first kappa shape index (κ1) is 10.6. The SMILES string of the molecule is O=C(O)CC(=O)Nc1cccnc1Br. The molecular formula is C8H7BrN2O3. The van der Waals surface area contributed by atoms with E-state index >= 15 is 0 Å². The summed E-state index contributed by atoms with van der Waals surface area (Å²) in [7, 11) is 0. The van der Waals surface area contributed by atoms with Gasteiger partial charge in [-0.1, -0.05) is 0 Å². The quantitative estimate of drug-likeness (QED) is 0.632. The maximum absolute atomic E-state index is 11.0. The molecule has 0 saturated heterocycles. The van der Waals surface area contributed by atoms with E-state index in [1.807, 2.05) is 0 Å². The molecule has 1 heterocycles. The predicted molar refractivity (Wildman–Crippen MR) is 52.8 cm³/mol. The number of nitrogens with zero attached hydrogens (tertiary/aromatic N) is 1. The summed E-state index contributed by atoms with van der Waals surface area (Å²) >= 11 is 3.12.